The summed E-state index contributed by atoms with van der Waals surface area (Å²) in [6, 6.07) is 10.00. The van der Waals surface area contributed by atoms with Crippen molar-refractivity contribution in [2.24, 2.45) is 5.92 Å². The maximum Gasteiger partial charge on any atom is 0.252 e. The van der Waals surface area contributed by atoms with Crippen LogP contribution in [0.25, 0.3) is 17.0 Å². The van der Waals surface area contributed by atoms with Gasteiger partial charge in [0.25, 0.3) is 5.78 Å². The number of rotatable bonds is 6. The molecule has 0 saturated carbocycles. The smallest absolute Gasteiger partial charge is 0.252 e. The van der Waals surface area contributed by atoms with Crippen LogP contribution in [-0.2, 0) is 13.0 Å². The molecule has 0 unspecified atom stereocenters. The van der Waals surface area contributed by atoms with Crippen molar-refractivity contribution in [2.75, 3.05) is 38.1 Å². The Hall–Kier alpha value is -3.43. The molecule has 5 heterocycles. The Morgan fingerprint density at radius 3 is 2.45 bits per heavy atom. The van der Waals surface area contributed by atoms with E-state index < -0.39 is 0 Å². The minimum atomic E-state index is 0.543. The maximum absolute atomic E-state index is 4.81. The van der Waals surface area contributed by atoms with Crippen molar-refractivity contribution in [3.05, 3.63) is 65.0 Å². The average molecular weight is 540 g/mol. The number of nitrogens with zero attached hydrogens (tertiary/aromatic N) is 9. The van der Waals surface area contributed by atoms with Crippen molar-refractivity contribution in [1.29, 1.82) is 0 Å². The predicted octanol–water partition coefficient (Wildman–Crippen LogP) is 4.10. The van der Waals surface area contributed by atoms with E-state index in [9.17, 15) is 0 Å². The van der Waals surface area contributed by atoms with Gasteiger partial charge in [0.15, 0.2) is 0 Å². The molecule has 0 amide bonds. The van der Waals surface area contributed by atoms with Gasteiger partial charge in [0, 0.05) is 61.8 Å². The van der Waals surface area contributed by atoms with Gasteiger partial charge in [-0.05, 0) is 71.6 Å². The second kappa shape index (κ2) is 10.9. The van der Waals surface area contributed by atoms with Crippen LogP contribution in [0.4, 0.5) is 5.82 Å². The van der Waals surface area contributed by atoms with Crippen molar-refractivity contribution >= 4 is 11.6 Å². The quantitative estimate of drug-likeness (QED) is 0.363. The highest BCUT2D eigenvalue weighted by Gasteiger charge is 2.27. The van der Waals surface area contributed by atoms with Crippen molar-refractivity contribution in [1.82, 2.24) is 39.3 Å². The van der Waals surface area contributed by atoms with E-state index >= 15 is 0 Å². The van der Waals surface area contributed by atoms with Gasteiger partial charge in [-0.15, -0.1) is 0 Å². The molecule has 9 nitrogen and oxygen atoms in total. The lowest BCUT2D eigenvalue weighted by atomic mass is 9.96. The third-order valence-corrected chi connectivity index (χ3v) is 8.96. The van der Waals surface area contributed by atoms with E-state index in [2.05, 4.69) is 83.8 Å². The Morgan fingerprint density at radius 1 is 0.900 bits per heavy atom. The molecule has 0 bridgehead atoms. The zero-order chi connectivity index (χ0) is 28.0. The second-order valence-electron chi connectivity index (χ2n) is 12.0. The highest BCUT2D eigenvalue weighted by atomic mass is 15.3. The first-order chi connectivity index (χ1) is 19.2. The van der Waals surface area contributed by atoms with E-state index in [0.717, 1.165) is 79.9 Å². The van der Waals surface area contributed by atoms with Crippen LogP contribution in [0.5, 0.6) is 0 Å². The summed E-state index contributed by atoms with van der Waals surface area (Å²) in [6.07, 6.45) is 5.96. The lowest BCUT2D eigenvalue weighted by Gasteiger charge is -2.42. The van der Waals surface area contributed by atoms with Crippen LogP contribution in [0.15, 0.2) is 36.7 Å². The fourth-order valence-corrected chi connectivity index (χ4v) is 6.34. The van der Waals surface area contributed by atoms with E-state index in [1.807, 2.05) is 23.8 Å². The van der Waals surface area contributed by atoms with Crippen molar-refractivity contribution in [3.63, 3.8) is 0 Å². The van der Waals surface area contributed by atoms with Crippen LogP contribution in [-0.4, -0.2) is 84.7 Å². The lowest BCUT2D eigenvalue weighted by molar-refractivity contribution is 0.0546. The summed E-state index contributed by atoms with van der Waals surface area (Å²) < 4.78 is 1.88. The van der Waals surface area contributed by atoms with Gasteiger partial charge in [-0.25, -0.2) is 14.5 Å². The van der Waals surface area contributed by atoms with Crippen molar-refractivity contribution in [2.45, 2.75) is 66.1 Å². The average Bonchev–Trinajstić information content (AvgIpc) is 3.56. The molecule has 0 N–H and O–H groups in total. The van der Waals surface area contributed by atoms with Gasteiger partial charge < -0.3 is 9.80 Å². The summed E-state index contributed by atoms with van der Waals surface area (Å²) in [5.74, 6) is 2.94. The number of anilines is 1. The Kier molecular flexibility index (Phi) is 7.27. The molecular formula is C31H41N9. The fourth-order valence-electron chi connectivity index (χ4n) is 6.34. The minimum Gasteiger partial charge on any atom is -0.355 e. The largest absolute Gasteiger partial charge is 0.355 e. The first-order valence-electron chi connectivity index (χ1n) is 14.5. The second-order valence-corrected chi connectivity index (χ2v) is 12.0. The third-order valence-electron chi connectivity index (χ3n) is 8.96. The SMILES string of the molecule is Cc1nc2nc(C)c(C[C@@H]3CCN(c4cnc(-c5ccc(CN6C[C@@H](C)N(C)C[C@H]6C)cc5)cn4)C3)c(C)n2n1. The molecule has 1 aromatic carbocycles. The molecule has 4 aromatic rings. The van der Waals surface area contributed by atoms with Gasteiger partial charge in [-0.3, -0.25) is 9.88 Å². The van der Waals surface area contributed by atoms with Crippen LogP contribution in [0, 0.1) is 26.7 Å². The Morgan fingerprint density at radius 2 is 1.70 bits per heavy atom. The van der Waals surface area contributed by atoms with Crippen LogP contribution in [0.3, 0.4) is 0 Å². The van der Waals surface area contributed by atoms with Gasteiger partial charge >= 0.3 is 0 Å². The molecule has 2 fully saturated rings. The highest BCUT2D eigenvalue weighted by Crippen LogP contribution is 2.28. The molecule has 6 rings (SSSR count). The zero-order valence-electron chi connectivity index (χ0n) is 24.7. The molecule has 210 valence electrons. The fraction of sp³-hybridized carbons (Fsp3) is 0.516. The molecule has 40 heavy (non-hydrogen) atoms. The van der Waals surface area contributed by atoms with E-state index in [4.69, 9.17) is 15.0 Å². The molecule has 2 saturated heterocycles. The van der Waals surface area contributed by atoms with E-state index in [1.54, 1.807) is 0 Å². The molecular weight excluding hydrogens is 498 g/mol. The number of fused-ring (bicyclic) bond motifs is 1. The van der Waals surface area contributed by atoms with Gasteiger partial charge in [0.2, 0.25) is 0 Å². The Bertz CT molecular complexity index is 1480. The molecule has 0 radical (unpaired) electrons. The summed E-state index contributed by atoms with van der Waals surface area (Å²) in [6.45, 7) is 15.9. The number of benzene rings is 1. The molecule has 0 aliphatic carbocycles. The van der Waals surface area contributed by atoms with Gasteiger partial charge in [-0.2, -0.15) is 10.1 Å². The number of likely N-dealkylation sites (N-methyl/N-ethyl adjacent to an activating group) is 1. The lowest BCUT2D eigenvalue weighted by Crippen LogP contribution is -2.54. The standard InChI is InChI=1S/C31H41N9/c1-20-17-39(21(2)16-37(20)6)18-25-7-9-27(10-8-25)29-14-33-30(15-32-29)38-12-11-26(19-38)13-28-22(3)34-31-35-24(5)36-40(31)23(28)4/h7-10,14-15,20-21,26H,11-13,16-19H2,1-6H3/t20-,21-,26+/m1/s1. The topological polar surface area (TPSA) is 78.6 Å². The summed E-state index contributed by atoms with van der Waals surface area (Å²) in [4.78, 5) is 26.2. The van der Waals surface area contributed by atoms with Gasteiger partial charge in [0.05, 0.1) is 18.1 Å². The molecule has 3 aromatic heterocycles. The van der Waals surface area contributed by atoms with Gasteiger partial charge in [0.1, 0.15) is 11.6 Å². The number of aryl methyl sites for hydroxylation is 3. The Labute approximate surface area is 237 Å². The highest BCUT2D eigenvalue weighted by molar-refractivity contribution is 5.59. The monoisotopic (exact) mass is 539 g/mol. The molecule has 0 spiro atoms. The normalized spacial score (nSPS) is 22.4. The molecule has 2 aliphatic heterocycles. The predicted molar refractivity (Wildman–Crippen MR) is 158 cm³/mol. The third kappa shape index (κ3) is 5.32. The number of hydrogen-bond acceptors (Lipinski definition) is 8. The number of hydrogen-bond donors (Lipinski definition) is 0. The molecule has 9 heteroatoms. The van der Waals surface area contributed by atoms with Crippen LogP contribution in [0.1, 0.15) is 48.6 Å². The van der Waals surface area contributed by atoms with E-state index in [-0.39, 0.29) is 0 Å². The van der Waals surface area contributed by atoms with Gasteiger partial charge in [-0.1, -0.05) is 24.3 Å². The Balaban J connectivity index is 1.08. The van der Waals surface area contributed by atoms with Crippen LogP contribution < -0.4 is 4.90 Å². The van der Waals surface area contributed by atoms with Crippen LogP contribution in [0.2, 0.25) is 0 Å². The summed E-state index contributed by atoms with van der Waals surface area (Å²) >= 11 is 0. The first kappa shape index (κ1) is 26.8. The minimum absolute atomic E-state index is 0.543. The maximum atomic E-state index is 4.81. The molecule has 2 aliphatic rings. The summed E-state index contributed by atoms with van der Waals surface area (Å²) in [7, 11) is 2.23. The van der Waals surface area contributed by atoms with Crippen molar-refractivity contribution in [3.8, 4) is 11.3 Å². The summed E-state index contributed by atoms with van der Waals surface area (Å²) in [5.41, 5.74) is 6.85. The first-order valence-corrected chi connectivity index (χ1v) is 14.5. The number of aromatic nitrogens is 6. The number of piperazine rings is 1. The summed E-state index contributed by atoms with van der Waals surface area (Å²) in [5, 5.41) is 4.53. The van der Waals surface area contributed by atoms with E-state index in [0.29, 0.717) is 23.8 Å². The zero-order valence-corrected chi connectivity index (χ0v) is 24.7. The van der Waals surface area contributed by atoms with Crippen LogP contribution >= 0.6 is 0 Å². The van der Waals surface area contributed by atoms with E-state index in [1.165, 1.54) is 11.1 Å². The molecule has 3 atom stereocenters. The van der Waals surface area contributed by atoms with Crippen molar-refractivity contribution < 1.29 is 0 Å².